The van der Waals surface area contributed by atoms with Crippen molar-refractivity contribution in [3.63, 3.8) is 0 Å². The molecule has 1 N–H and O–H groups in total. The van der Waals surface area contributed by atoms with Crippen LogP contribution in [0.2, 0.25) is 0 Å². The van der Waals surface area contributed by atoms with Crippen LogP contribution in [-0.4, -0.2) is 53.1 Å². The number of nitrogens with one attached hydrogen (secondary N) is 1. The maximum atomic E-state index is 12.2. The van der Waals surface area contributed by atoms with Gasteiger partial charge >= 0.3 is 6.09 Å². The number of nitrogens with zero attached hydrogens (tertiary/aromatic N) is 3. The molecule has 0 atom stereocenters. The average molecular weight is 426 g/mol. The largest absolute Gasteiger partial charge is 0.491 e. The molecule has 0 fully saturated rings. The van der Waals surface area contributed by atoms with Gasteiger partial charge in [0.2, 0.25) is 0 Å². The Morgan fingerprint density at radius 3 is 2.45 bits per heavy atom. The van der Waals surface area contributed by atoms with Crippen molar-refractivity contribution >= 4 is 30.1 Å². The van der Waals surface area contributed by atoms with Gasteiger partial charge in [0.05, 0.1) is 17.5 Å². The molecule has 0 radical (unpaired) electrons. The lowest BCUT2D eigenvalue weighted by molar-refractivity contribution is -0.0976. The standard InChI is InChI=1S/C21H22N4O6/c1-21(2,3)31-20(28)24-13-23-17-12-14(8-9-22-17)29-10-11-30-25-18(26)15-6-4-5-7-16(15)19(25)27/h4-9,12-13H,10-11H2,1-3H3,(H,22,23,24,28). The normalized spacial score (nSPS) is 13.5. The molecule has 10 nitrogen and oxygen atoms in total. The third kappa shape index (κ3) is 5.86. The molecular formula is C21H22N4O6. The van der Waals surface area contributed by atoms with Crippen molar-refractivity contribution in [1.82, 2.24) is 15.4 Å². The highest BCUT2D eigenvalue weighted by Gasteiger charge is 2.36. The Kier molecular flexibility index (Phi) is 6.61. The SMILES string of the molecule is CC(C)(C)OC(=O)NC=Nc1cc(OCCON2C(=O)c3ccccc3C2=O)ccn1. The van der Waals surface area contributed by atoms with E-state index in [4.69, 9.17) is 14.3 Å². The van der Waals surface area contributed by atoms with Crippen LogP contribution in [0.5, 0.6) is 5.75 Å². The van der Waals surface area contributed by atoms with Crippen molar-refractivity contribution < 1.29 is 28.7 Å². The summed E-state index contributed by atoms with van der Waals surface area (Å²) in [5.41, 5.74) is 0.00844. The number of rotatable bonds is 7. The van der Waals surface area contributed by atoms with Crippen LogP contribution in [0.15, 0.2) is 47.6 Å². The Bertz CT molecular complexity index is 980. The molecule has 31 heavy (non-hydrogen) atoms. The van der Waals surface area contributed by atoms with E-state index in [1.54, 1.807) is 57.2 Å². The van der Waals surface area contributed by atoms with Crippen LogP contribution in [0.25, 0.3) is 0 Å². The van der Waals surface area contributed by atoms with Gasteiger partial charge in [0.15, 0.2) is 5.82 Å². The first-order chi connectivity index (χ1) is 14.7. The molecule has 1 aliphatic heterocycles. The Balaban J connectivity index is 1.46. The smallest absolute Gasteiger partial charge is 0.412 e. The lowest BCUT2D eigenvalue weighted by Crippen LogP contribution is -2.31. The van der Waals surface area contributed by atoms with Crippen molar-refractivity contribution in [2.24, 2.45) is 4.99 Å². The quantitative estimate of drug-likeness (QED) is 0.313. The summed E-state index contributed by atoms with van der Waals surface area (Å²) >= 11 is 0. The predicted octanol–water partition coefficient (Wildman–Crippen LogP) is 2.87. The zero-order chi connectivity index (χ0) is 22.4. The number of hydrogen-bond acceptors (Lipinski definition) is 8. The third-order valence-corrected chi connectivity index (χ3v) is 3.82. The number of hydrogen-bond donors (Lipinski definition) is 1. The number of aromatic nitrogens is 1. The number of pyridine rings is 1. The van der Waals surface area contributed by atoms with E-state index in [0.717, 1.165) is 5.06 Å². The number of fused-ring (bicyclic) bond motifs is 1. The lowest BCUT2D eigenvalue weighted by Gasteiger charge is -2.18. The summed E-state index contributed by atoms with van der Waals surface area (Å²) in [6, 6.07) is 9.68. The molecule has 2 heterocycles. The Labute approximate surface area is 178 Å². The zero-order valence-electron chi connectivity index (χ0n) is 17.3. The second-order valence-corrected chi connectivity index (χ2v) is 7.39. The molecule has 2 aromatic rings. The first-order valence-corrected chi connectivity index (χ1v) is 9.46. The number of carbonyl (C=O) groups is 3. The summed E-state index contributed by atoms with van der Waals surface area (Å²) in [5, 5.41) is 3.12. The molecule has 0 bridgehead atoms. The van der Waals surface area contributed by atoms with Crippen LogP contribution in [0.3, 0.4) is 0 Å². The number of hydroxylamine groups is 2. The molecule has 0 aliphatic carbocycles. The molecule has 1 aromatic carbocycles. The van der Waals surface area contributed by atoms with Crippen molar-refractivity contribution in [1.29, 1.82) is 0 Å². The third-order valence-electron chi connectivity index (χ3n) is 3.82. The number of benzene rings is 1. The summed E-state index contributed by atoms with van der Waals surface area (Å²) < 4.78 is 10.6. The van der Waals surface area contributed by atoms with E-state index in [2.05, 4.69) is 15.3 Å². The Hall–Kier alpha value is -3.79. The van der Waals surface area contributed by atoms with E-state index < -0.39 is 23.5 Å². The lowest BCUT2D eigenvalue weighted by atomic mass is 10.1. The molecule has 3 rings (SSSR count). The maximum absolute atomic E-state index is 12.2. The highest BCUT2D eigenvalue weighted by Crippen LogP contribution is 2.22. The van der Waals surface area contributed by atoms with Crippen LogP contribution in [0, 0.1) is 0 Å². The van der Waals surface area contributed by atoms with Gasteiger partial charge in [-0.1, -0.05) is 12.1 Å². The first kappa shape index (κ1) is 21.9. The van der Waals surface area contributed by atoms with Gasteiger partial charge in [-0.3, -0.25) is 19.7 Å². The summed E-state index contributed by atoms with van der Waals surface area (Å²) in [6.45, 7) is 5.32. The first-order valence-electron chi connectivity index (χ1n) is 9.46. The van der Waals surface area contributed by atoms with Crippen LogP contribution in [0.1, 0.15) is 41.5 Å². The van der Waals surface area contributed by atoms with Crippen LogP contribution < -0.4 is 10.1 Å². The maximum Gasteiger partial charge on any atom is 0.412 e. The van der Waals surface area contributed by atoms with Crippen LogP contribution in [-0.2, 0) is 9.57 Å². The van der Waals surface area contributed by atoms with E-state index in [-0.39, 0.29) is 13.2 Å². The van der Waals surface area contributed by atoms with Gasteiger partial charge in [-0.2, -0.15) is 0 Å². The van der Waals surface area contributed by atoms with E-state index in [0.29, 0.717) is 22.7 Å². The second kappa shape index (κ2) is 9.35. The number of ether oxygens (including phenoxy) is 2. The van der Waals surface area contributed by atoms with Gasteiger partial charge in [-0.15, -0.1) is 5.06 Å². The fourth-order valence-corrected chi connectivity index (χ4v) is 2.59. The van der Waals surface area contributed by atoms with E-state index in [1.807, 2.05) is 0 Å². The van der Waals surface area contributed by atoms with E-state index in [9.17, 15) is 14.4 Å². The van der Waals surface area contributed by atoms with Crippen molar-refractivity contribution in [2.45, 2.75) is 26.4 Å². The van der Waals surface area contributed by atoms with Crippen molar-refractivity contribution in [3.05, 3.63) is 53.7 Å². The molecule has 1 aliphatic rings. The van der Waals surface area contributed by atoms with E-state index in [1.165, 1.54) is 12.5 Å². The predicted molar refractivity (Wildman–Crippen MR) is 110 cm³/mol. The summed E-state index contributed by atoms with van der Waals surface area (Å²) in [6.07, 6.45) is 2.03. The number of aliphatic imine (C=N–C) groups is 1. The minimum atomic E-state index is -0.631. The molecule has 10 heteroatoms. The Morgan fingerprint density at radius 2 is 1.81 bits per heavy atom. The Morgan fingerprint density at radius 1 is 1.13 bits per heavy atom. The van der Waals surface area contributed by atoms with Gasteiger partial charge in [-0.05, 0) is 39.0 Å². The number of amides is 3. The fourth-order valence-electron chi connectivity index (χ4n) is 2.59. The average Bonchev–Trinajstić information content (AvgIpc) is 2.95. The van der Waals surface area contributed by atoms with E-state index >= 15 is 0 Å². The van der Waals surface area contributed by atoms with Crippen molar-refractivity contribution in [3.8, 4) is 5.75 Å². The van der Waals surface area contributed by atoms with Gasteiger partial charge in [0.1, 0.15) is 24.6 Å². The highest BCUT2D eigenvalue weighted by molar-refractivity contribution is 6.20. The van der Waals surface area contributed by atoms with Gasteiger partial charge in [0, 0.05) is 12.3 Å². The molecule has 1 aromatic heterocycles. The monoisotopic (exact) mass is 426 g/mol. The molecular weight excluding hydrogens is 404 g/mol. The summed E-state index contributed by atoms with van der Waals surface area (Å²) in [4.78, 5) is 49.4. The molecule has 0 saturated carbocycles. The molecule has 0 unspecified atom stereocenters. The van der Waals surface area contributed by atoms with Gasteiger partial charge in [-0.25, -0.2) is 14.8 Å². The topological polar surface area (TPSA) is 119 Å². The minimum Gasteiger partial charge on any atom is -0.491 e. The molecule has 3 amide bonds. The minimum absolute atomic E-state index is 0.0212. The summed E-state index contributed by atoms with van der Waals surface area (Å²) in [7, 11) is 0. The zero-order valence-corrected chi connectivity index (χ0v) is 17.3. The second-order valence-electron chi connectivity index (χ2n) is 7.39. The molecule has 0 saturated heterocycles. The highest BCUT2D eigenvalue weighted by atomic mass is 16.7. The number of alkyl carbamates (subject to hydrolysis) is 1. The van der Waals surface area contributed by atoms with Gasteiger partial charge in [0.25, 0.3) is 11.8 Å². The number of carbonyl (C=O) groups excluding carboxylic acids is 3. The fraction of sp³-hybridized carbons (Fsp3) is 0.286. The molecule has 0 spiro atoms. The molecule has 162 valence electrons. The van der Waals surface area contributed by atoms with Crippen LogP contribution >= 0.6 is 0 Å². The van der Waals surface area contributed by atoms with Crippen LogP contribution in [0.4, 0.5) is 10.6 Å². The summed E-state index contributed by atoms with van der Waals surface area (Å²) in [5.74, 6) is -0.252. The number of imide groups is 1. The van der Waals surface area contributed by atoms with Gasteiger partial charge < -0.3 is 9.47 Å². The van der Waals surface area contributed by atoms with Crippen molar-refractivity contribution in [2.75, 3.05) is 13.2 Å².